The number of aromatic hydroxyl groups is 1. The lowest BCUT2D eigenvalue weighted by Gasteiger charge is -2.27. The number of halogens is 1. The molecule has 2 amide bonds. The number of carbonyl (C=O) groups excluding carboxylic acids is 2. The number of allylic oxidation sites excluding steroid dienone is 2. The number of fused-ring (bicyclic) bond motifs is 1. The van der Waals surface area contributed by atoms with Gasteiger partial charge in [-0.25, -0.2) is 4.98 Å². The minimum absolute atomic E-state index is 0.0103. The second-order valence-electron chi connectivity index (χ2n) is 10.2. The molecular formula is C28H30FN5O4. The van der Waals surface area contributed by atoms with Crippen LogP contribution in [0.4, 0.5) is 10.2 Å². The zero-order chi connectivity index (χ0) is 27.1. The molecule has 0 aliphatic heterocycles. The van der Waals surface area contributed by atoms with Gasteiger partial charge in [0.05, 0.1) is 10.9 Å². The molecule has 2 aliphatic carbocycles. The van der Waals surface area contributed by atoms with E-state index in [1.807, 2.05) is 0 Å². The molecule has 0 radical (unpaired) electrons. The highest BCUT2D eigenvalue weighted by Gasteiger charge is 2.48. The van der Waals surface area contributed by atoms with Crippen molar-refractivity contribution in [3.05, 3.63) is 59.4 Å². The Hall–Kier alpha value is -4.21. The number of hydrogen-bond donors (Lipinski definition) is 5. The van der Waals surface area contributed by atoms with Crippen LogP contribution >= 0.6 is 0 Å². The normalized spacial score (nSPS) is 16.7. The van der Waals surface area contributed by atoms with Gasteiger partial charge in [0.1, 0.15) is 29.5 Å². The standard InChI is InChI=1S/C28H30FN5O4/c1-13(30)22(14(2)31)17-10-11-21(32-26(17)29)33-28(37)25(23(15-6-7-15)16-8-9-16)34-27(36)18-12-38-20-5-3-4-19(35)24(18)20/h3-5,10-12,15-16,23,25,30,35H,6-9,31H2,1-2H3,(H,34,36)(H,32,33,37)/b22-14+,30-13?/t25-/m0/s1. The van der Waals surface area contributed by atoms with Crippen LogP contribution < -0.4 is 16.4 Å². The van der Waals surface area contributed by atoms with Crippen LogP contribution in [0.2, 0.25) is 0 Å². The van der Waals surface area contributed by atoms with Crippen molar-refractivity contribution in [2.24, 2.45) is 23.5 Å². The lowest BCUT2D eigenvalue weighted by molar-refractivity contribution is -0.119. The quantitative estimate of drug-likeness (QED) is 0.206. The van der Waals surface area contributed by atoms with Crippen molar-refractivity contribution in [2.45, 2.75) is 45.6 Å². The first-order valence-electron chi connectivity index (χ1n) is 12.7. The Morgan fingerprint density at radius 1 is 1.13 bits per heavy atom. The van der Waals surface area contributed by atoms with Crippen molar-refractivity contribution >= 4 is 39.9 Å². The van der Waals surface area contributed by atoms with Crippen LogP contribution in [0.25, 0.3) is 16.5 Å². The van der Waals surface area contributed by atoms with Crippen molar-refractivity contribution in [2.75, 3.05) is 5.32 Å². The molecule has 198 valence electrons. The number of nitrogens with zero attached hydrogens (tertiary/aromatic N) is 1. The number of anilines is 1. The highest BCUT2D eigenvalue weighted by molar-refractivity contribution is 6.21. The van der Waals surface area contributed by atoms with Gasteiger partial charge in [0, 0.05) is 22.5 Å². The van der Waals surface area contributed by atoms with E-state index < -0.39 is 23.8 Å². The topological polar surface area (TPSA) is 154 Å². The molecule has 1 aromatic carbocycles. The molecule has 1 atom stereocenters. The molecule has 5 rings (SSSR count). The molecule has 38 heavy (non-hydrogen) atoms. The lowest BCUT2D eigenvalue weighted by atomic mass is 9.88. The first kappa shape index (κ1) is 25.4. The molecule has 2 saturated carbocycles. The van der Waals surface area contributed by atoms with E-state index in [-0.39, 0.29) is 51.0 Å². The summed E-state index contributed by atoms with van der Waals surface area (Å²) in [7, 11) is 0. The van der Waals surface area contributed by atoms with Crippen molar-refractivity contribution in [1.29, 1.82) is 5.41 Å². The third kappa shape index (κ3) is 4.98. The minimum Gasteiger partial charge on any atom is -0.507 e. The summed E-state index contributed by atoms with van der Waals surface area (Å²) in [5, 5.41) is 24.0. The van der Waals surface area contributed by atoms with Crippen molar-refractivity contribution in [3.63, 3.8) is 0 Å². The van der Waals surface area contributed by atoms with Crippen LogP contribution in [0.3, 0.4) is 0 Å². The van der Waals surface area contributed by atoms with E-state index in [1.165, 1.54) is 31.4 Å². The van der Waals surface area contributed by atoms with Crippen LogP contribution in [0, 0.1) is 29.1 Å². The van der Waals surface area contributed by atoms with Crippen LogP contribution in [0.15, 0.2) is 46.7 Å². The lowest BCUT2D eigenvalue weighted by Crippen LogP contribution is -2.50. The Kier molecular flexibility index (Phi) is 6.64. The molecule has 0 spiro atoms. The number of benzene rings is 1. The number of aromatic nitrogens is 1. The Morgan fingerprint density at radius 3 is 2.39 bits per heavy atom. The van der Waals surface area contributed by atoms with Gasteiger partial charge in [-0.1, -0.05) is 6.07 Å². The van der Waals surface area contributed by atoms with Gasteiger partial charge in [0.2, 0.25) is 11.9 Å². The van der Waals surface area contributed by atoms with Gasteiger partial charge in [-0.15, -0.1) is 0 Å². The number of pyridine rings is 1. The van der Waals surface area contributed by atoms with Gasteiger partial charge in [0.25, 0.3) is 5.91 Å². The monoisotopic (exact) mass is 519 g/mol. The van der Waals surface area contributed by atoms with E-state index in [4.69, 9.17) is 15.6 Å². The number of phenols is 1. The zero-order valence-electron chi connectivity index (χ0n) is 21.2. The van der Waals surface area contributed by atoms with Crippen LogP contribution in [0.1, 0.15) is 55.5 Å². The van der Waals surface area contributed by atoms with Gasteiger partial charge in [-0.3, -0.25) is 9.59 Å². The molecule has 10 heteroatoms. The van der Waals surface area contributed by atoms with E-state index in [0.29, 0.717) is 17.4 Å². The minimum atomic E-state index is -0.881. The molecule has 0 saturated heterocycles. The van der Waals surface area contributed by atoms with Gasteiger partial charge in [-0.05, 0) is 81.5 Å². The second kappa shape index (κ2) is 9.92. The highest BCUT2D eigenvalue weighted by atomic mass is 19.1. The maximum Gasteiger partial charge on any atom is 0.255 e. The fourth-order valence-electron chi connectivity index (χ4n) is 5.29. The summed E-state index contributed by atoms with van der Waals surface area (Å²) in [5.74, 6) is -1.44. The van der Waals surface area contributed by atoms with Gasteiger partial charge >= 0.3 is 0 Å². The number of carbonyl (C=O) groups is 2. The Balaban J connectivity index is 1.42. The van der Waals surface area contributed by atoms with E-state index >= 15 is 0 Å². The summed E-state index contributed by atoms with van der Waals surface area (Å²) in [6, 6.07) is 6.72. The molecule has 2 heterocycles. The SMILES string of the molecule is CC(=N)/C(=C(/C)N)c1ccc(NC(=O)[C@@H](NC(=O)c2coc3cccc(O)c23)C(C2CC2)C2CC2)nc1F. The Morgan fingerprint density at radius 2 is 1.82 bits per heavy atom. The number of rotatable bonds is 9. The van der Waals surface area contributed by atoms with Crippen molar-refractivity contribution in [1.82, 2.24) is 10.3 Å². The van der Waals surface area contributed by atoms with Gasteiger partial charge in [0.15, 0.2) is 0 Å². The van der Waals surface area contributed by atoms with Crippen molar-refractivity contribution < 1.29 is 23.5 Å². The Labute approximate surface area is 218 Å². The number of phenolic OH excluding ortho intramolecular Hbond substituents is 1. The summed E-state index contributed by atoms with van der Waals surface area (Å²) >= 11 is 0. The van der Waals surface area contributed by atoms with E-state index in [9.17, 15) is 19.1 Å². The maximum atomic E-state index is 14.9. The first-order chi connectivity index (χ1) is 18.2. The summed E-state index contributed by atoms with van der Waals surface area (Å²) in [6.45, 7) is 3.08. The third-order valence-electron chi connectivity index (χ3n) is 7.25. The summed E-state index contributed by atoms with van der Waals surface area (Å²) in [6.07, 6.45) is 5.19. The fourth-order valence-corrected chi connectivity index (χ4v) is 5.29. The number of furan rings is 1. The largest absolute Gasteiger partial charge is 0.507 e. The number of nitrogens with two attached hydrogens (primary N) is 1. The molecule has 0 bridgehead atoms. The molecule has 9 nitrogen and oxygen atoms in total. The smallest absolute Gasteiger partial charge is 0.255 e. The maximum absolute atomic E-state index is 14.9. The Bertz CT molecular complexity index is 1460. The molecule has 6 N–H and O–H groups in total. The summed E-state index contributed by atoms with van der Waals surface area (Å²) in [4.78, 5) is 30.8. The number of hydrogen-bond acceptors (Lipinski definition) is 7. The van der Waals surface area contributed by atoms with Gasteiger partial charge in [-0.2, -0.15) is 4.39 Å². The molecule has 0 unspecified atom stereocenters. The molecule has 3 aromatic rings. The first-order valence-corrected chi connectivity index (χ1v) is 12.7. The van der Waals surface area contributed by atoms with Crippen LogP contribution in [-0.4, -0.2) is 33.7 Å². The van der Waals surface area contributed by atoms with E-state index in [2.05, 4.69) is 15.6 Å². The third-order valence-corrected chi connectivity index (χ3v) is 7.25. The van der Waals surface area contributed by atoms with Crippen molar-refractivity contribution in [3.8, 4) is 5.75 Å². The molecule has 2 aromatic heterocycles. The average Bonchev–Trinajstić information content (AvgIpc) is 3.79. The number of amides is 2. The molecule has 2 aliphatic rings. The summed E-state index contributed by atoms with van der Waals surface area (Å²) in [5.41, 5.74) is 7.03. The zero-order valence-corrected chi connectivity index (χ0v) is 21.2. The fraction of sp³-hybridized carbons (Fsp3) is 0.357. The predicted molar refractivity (Wildman–Crippen MR) is 141 cm³/mol. The number of nitrogens with one attached hydrogen (secondary N) is 3. The summed E-state index contributed by atoms with van der Waals surface area (Å²) < 4.78 is 20.4. The van der Waals surface area contributed by atoms with E-state index in [0.717, 1.165) is 25.7 Å². The molecule has 2 fully saturated rings. The average molecular weight is 520 g/mol. The van der Waals surface area contributed by atoms with Gasteiger partial charge < -0.3 is 31.3 Å². The van der Waals surface area contributed by atoms with Crippen LogP contribution in [-0.2, 0) is 4.79 Å². The predicted octanol–water partition coefficient (Wildman–Crippen LogP) is 4.58. The molecular weight excluding hydrogens is 489 g/mol. The van der Waals surface area contributed by atoms with E-state index in [1.54, 1.807) is 19.1 Å². The van der Waals surface area contributed by atoms with Crippen LogP contribution in [0.5, 0.6) is 5.75 Å². The second-order valence-corrected chi connectivity index (χ2v) is 10.2. The highest BCUT2D eigenvalue weighted by Crippen LogP contribution is 2.51.